The van der Waals surface area contributed by atoms with Crippen molar-refractivity contribution in [3.63, 3.8) is 0 Å². The van der Waals surface area contributed by atoms with E-state index in [1.54, 1.807) is 6.07 Å². The summed E-state index contributed by atoms with van der Waals surface area (Å²) in [6.45, 7) is 3.68. The summed E-state index contributed by atoms with van der Waals surface area (Å²) in [6.07, 6.45) is 0. The van der Waals surface area contributed by atoms with Gasteiger partial charge in [0.25, 0.3) is 0 Å². The van der Waals surface area contributed by atoms with Crippen molar-refractivity contribution in [1.82, 2.24) is 5.16 Å². The number of aromatic nitrogens is 1. The zero-order valence-corrected chi connectivity index (χ0v) is 8.11. The van der Waals surface area contributed by atoms with Crippen LogP contribution in [0.3, 0.4) is 0 Å². The molecule has 0 bridgehead atoms. The third kappa shape index (κ3) is 1.37. The van der Waals surface area contributed by atoms with Crippen molar-refractivity contribution in [3.8, 4) is 17.0 Å². The number of aromatic hydroxyl groups is 1. The van der Waals surface area contributed by atoms with Crippen LogP contribution in [0.1, 0.15) is 11.3 Å². The van der Waals surface area contributed by atoms with E-state index in [0.717, 1.165) is 11.3 Å². The predicted octanol–water partition coefficient (Wildman–Crippen LogP) is 2.66. The number of rotatable bonds is 1. The first-order valence-corrected chi connectivity index (χ1v) is 4.41. The maximum atomic E-state index is 9.78. The summed E-state index contributed by atoms with van der Waals surface area (Å²) < 4.78 is 4.95. The monoisotopic (exact) mass is 189 g/mol. The smallest absolute Gasteiger partial charge is 0.134 e. The average Bonchev–Trinajstić information content (AvgIpc) is 2.57. The summed E-state index contributed by atoms with van der Waals surface area (Å²) in [7, 11) is 0. The van der Waals surface area contributed by atoms with E-state index in [4.69, 9.17) is 4.52 Å². The molecule has 0 aliphatic heterocycles. The number of phenols is 1. The summed E-state index contributed by atoms with van der Waals surface area (Å²) >= 11 is 0. The molecule has 0 radical (unpaired) electrons. The average molecular weight is 189 g/mol. The number of hydrogen-bond acceptors (Lipinski definition) is 3. The van der Waals surface area contributed by atoms with Crippen LogP contribution in [-0.2, 0) is 0 Å². The molecule has 0 aliphatic rings. The summed E-state index contributed by atoms with van der Waals surface area (Å²) in [6, 6.07) is 7.36. The fourth-order valence-corrected chi connectivity index (χ4v) is 1.36. The largest absolute Gasteiger partial charge is 0.507 e. The van der Waals surface area contributed by atoms with Crippen molar-refractivity contribution in [1.29, 1.82) is 0 Å². The number of aryl methyl sites for hydroxylation is 2. The zero-order valence-electron chi connectivity index (χ0n) is 8.11. The Kier molecular flexibility index (Phi) is 2.00. The standard InChI is InChI=1S/C11H11NO2/c1-7-4-3-5-9(11(7)13)10-6-8(2)14-12-10/h3-6,13H,1-2H3. The molecule has 2 aromatic rings. The third-order valence-electron chi connectivity index (χ3n) is 2.14. The van der Waals surface area contributed by atoms with Crippen molar-refractivity contribution in [2.45, 2.75) is 13.8 Å². The molecule has 0 saturated carbocycles. The van der Waals surface area contributed by atoms with Gasteiger partial charge in [-0.25, -0.2) is 0 Å². The van der Waals surface area contributed by atoms with Gasteiger partial charge in [-0.2, -0.15) is 0 Å². The van der Waals surface area contributed by atoms with E-state index >= 15 is 0 Å². The lowest BCUT2D eigenvalue weighted by molar-refractivity contribution is 0.399. The van der Waals surface area contributed by atoms with Gasteiger partial charge < -0.3 is 9.63 Å². The number of nitrogens with zero attached hydrogens (tertiary/aromatic N) is 1. The van der Waals surface area contributed by atoms with Crippen LogP contribution in [0.4, 0.5) is 0 Å². The van der Waals surface area contributed by atoms with Gasteiger partial charge in [0, 0.05) is 11.6 Å². The lowest BCUT2D eigenvalue weighted by Crippen LogP contribution is -1.81. The fourth-order valence-electron chi connectivity index (χ4n) is 1.36. The lowest BCUT2D eigenvalue weighted by Gasteiger charge is -2.02. The number of benzene rings is 1. The van der Waals surface area contributed by atoms with Gasteiger partial charge in [-0.15, -0.1) is 0 Å². The normalized spacial score (nSPS) is 10.4. The SMILES string of the molecule is Cc1cc(-c2cccc(C)c2O)no1. The molecule has 3 heteroatoms. The predicted molar refractivity (Wildman–Crippen MR) is 53.1 cm³/mol. The van der Waals surface area contributed by atoms with Gasteiger partial charge in [-0.3, -0.25) is 0 Å². The number of phenolic OH excluding ortho intramolecular Hbond substituents is 1. The van der Waals surface area contributed by atoms with Crippen LogP contribution in [-0.4, -0.2) is 10.3 Å². The Morgan fingerprint density at radius 1 is 1.29 bits per heavy atom. The molecule has 0 amide bonds. The van der Waals surface area contributed by atoms with Gasteiger partial charge in [-0.05, 0) is 25.5 Å². The molecule has 1 heterocycles. The first kappa shape index (κ1) is 8.81. The summed E-state index contributed by atoms with van der Waals surface area (Å²) in [5.41, 5.74) is 2.22. The minimum atomic E-state index is 0.265. The Morgan fingerprint density at radius 3 is 2.71 bits per heavy atom. The first-order valence-electron chi connectivity index (χ1n) is 4.41. The molecule has 2 rings (SSSR count). The third-order valence-corrected chi connectivity index (χ3v) is 2.14. The van der Waals surface area contributed by atoms with E-state index in [9.17, 15) is 5.11 Å². The van der Waals surface area contributed by atoms with Gasteiger partial charge in [0.15, 0.2) is 0 Å². The quantitative estimate of drug-likeness (QED) is 0.750. The molecular formula is C11H11NO2. The summed E-state index contributed by atoms with van der Waals surface area (Å²) in [4.78, 5) is 0. The van der Waals surface area contributed by atoms with E-state index in [0.29, 0.717) is 11.3 Å². The molecule has 0 atom stereocenters. The summed E-state index contributed by atoms with van der Waals surface area (Å²) in [5.74, 6) is 1.00. The van der Waals surface area contributed by atoms with Crippen LogP contribution in [0.15, 0.2) is 28.8 Å². The molecule has 1 aromatic heterocycles. The molecule has 0 unspecified atom stereocenters. The zero-order chi connectivity index (χ0) is 10.1. The van der Waals surface area contributed by atoms with E-state index in [1.807, 2.05) is 32.0 Å². The molecule has 1 aromatic carbocycles. The second-order valence-corrected chi connectivity index (χ2v) is 3.29. The van der Waals surface area contributed by atoms with E-state index in [-0.39, 0.29) is 5.75 Å². The Hall–Kier alpha value is -1.77. The van der Waals surface area contributed by atoms with Crippen LogP contribution in [0.5, 0.6) is 5.75 Å². The van der Waals surface area contributed by atoms with E-state index in [2.05, 4.69) is 5.16 Å². The Morgan fingerprint density at radius 2 is 2.07 bits per heavy atom. The summed E-state index contributed by atoms with van der Waals surface area (Å²) in [5, 5.41) is 13.6. The van der Waals surface area contributed by atoms with Crippen molar-refractivity contribution in [2.75, 3.05) is 0 Å². The molecular weight excluding hydrogens is 178 g/mol. The minimum Gasteiger partial charge on any atom is -0.507 e. The van der Waals surface area contributed by atoms with Crippen molar-refractivity contribution in [3.05, 3.63) is 35.6 Å². The first-order chi connectivity index (χ1) is 6.68. The highest BCUT2D eigenvalue weighted by Crippen LogP contribution is 2.30. The van der Waals surface area contributed by atoms with Crippen LogP contribution < -0.4 is 0 Å². The molecule has 0 spiro atoms. The Labute approximate surface area is 82.0 Å². The van der Waals surface area contributed by atoms with Gasteiger partial charge in [0.2, 0.25) is 0 Å². The second kappa shape index (κ2) is 3.18. The van der Waals surface area contributed by atoms with Gasteiger partial charge >= 0.3 is 0 Å². The molecule has 72 valence electrons. The molecule has 0 fully saturated rings. The molecule has 0 saturated heterocycles. The molecule has 14 heavy (non-hydrogen) atoms. The number of para-hydroxylation sites is 1. The van der Waals surface area contributed by atoms with E-state index in [1.165, 1.54) is 0 Å². The fraction of sp³-hybridized carbons (Fsp3) is 0.182. The Bertz CT molecular complexity index is 460. The highest BCUT2D eigenvalue weighted by atomic mass is 16.5. The van der Waals surface area contributed by atoms with Crippen LogP contribution in [0.2, 0.25) is 0 Å². The topological polar surface area (TPSA) is 46.3 Å². The number of hydrogen-bond donors (Lipinski definition) is 1. The maximum absolute atomic E-state index is 9.78. The van der Waals surface area contributed by atoms with Crippen LogP contribution >= 0.6 is 0 Å². The maximum Gasteiger partial charge on any atom is 0.134 e. The van der Waals surface area contributed by atoms with Crippen LogP contribution in [0.25, 0.3) is 11.3 Å². The van der Waals surface area contributed by atoms with Crippen molar-refractivity contribution < 1.29 is 9.63 Å². The lowest BCUT2D eigenvalue weighted by atomic mass is 10.1. The molecule has 0 aliphatic carbocycles. The van der Waals surface area contributed by atoms with Gasteiger partial charge in [-0.1, -0.05) is 17.3 Å². The van der Waals surface area contributed by atoms with Crippen LogP contribution in [0, 0.1) is 13.8 Å². The highest BCUT2D eigenvalue weighted by molar-refractivity contribution is 5.68. The van der Waals surface area contributed by atoms with E-state index < -0.39 is 0 Å². The molecule has 3 nitrogen and oxygen atoms in total. The van der Waals surface area contributed by atoms with Gasteiger partial charge in [0.1, 0.15) is 17.2 Å². The highest BCUT2D eigenvalue weighted by Gasteiger charge is 2.09. The van der Waals surface area contributed by atoms with Crippen molar-refractivity contribution >= 4 is 0 Å². The Balaban J connectivity index is 2.57. The minimum absolute atomic E-state index is 0.265. The molecule has 1 N–H and O–H groups in total. The van der Waals surface area contributed by atoms with Gasteiger partial charge in [0.05, 0.1) is 0 Å². The second-order valence-electron chi connectivity index (χ2n) is 3.29. The van der Waals surface area contributed by atoms with Crippen molar-refractivity contribution in [2.24, 2.45) is 0 Å².